The number of benzene rings is 2. The van der Waals surface area contributed by atoms with Crippen LogP contribution in [0.3, 0.4) is 0 Å². The quantitative estimate of drug-likeness (QED) is 0.238. The second kappa shape index (κ2) is 11.7. The number of thiazole rings is 1. The van der Waals surface area contributed by atoms with Crippen molar-refractivity contribution in [3.05, 3.63) is 70.2 Å². The molecule has 2 saturated carbocycles. The molecule has 0 saturated heterocycles. The maximum absolute atomic E-state index is 13.4. The van der Waals surface area contributed by atoms with Crippen LogP contribution in [0.5, 0.6) is 11.5 Å². The number of para-hydroxylation sites is 1. The first kappa shape index (κ1) is 29.2. The van der Waals surface area contributed by atoms with Crippen molar-refractivity contribution in [1.82, 2.24) is 4.98 Å². The smallest absolute Gasteiger partial charge is 0.347 e. The van der Waals surface area contributed by atoms with Crippen molar-refractivity contribution in [2.75, 3.05) is 5.32 Å². The van der Waals surface area contributed by atoms with Crippen LogP contribution in [0, 0.1) is 30.1 Å². The number of rotatable bonds is 7. The van der Waals surface area contributed by atoms with E-state index >= 15 is 0 Å². The summed E-state index contributed by atoms with van der Waals surface area (Å²) in [4.78, 5) is 55.8. The number of aryl methyl sites for hydroxylation is 2. The number of ether oxygens (including phenoxy) is 2. The molecule has 1 N–H and O–H groups in total. The molecule has 0 radical (unpaired) electrons. The number of ketones is 1. The van der Waals surface area contributed by atoms with Gasteiger partial charge in [-0.15, -0.1) is 11.3 Å². The van der Waals surface area contributed by atoms with Gasteiger partial charge in [0, 0.05) is 36.3 Å². The molecule has 2 aromatic carbocycles. The van der Waals surface area contributed by atoms with Crippen molar-refractivity contribution in [3.8, 4) is 11.5 Å². The fraction of sp³-hybridized carbons (Fsp3) is 0.441. The van der Waals surface area contributed by atoms with Gasteiger partial charge < -0.3 is 14.8 Å². The van der Waals surface area contributed by atoms with Crippen molar-refractivity contribution < 1.29 is 28.7 Å². The highest BCUT2D eigenvalue weighted by Gasteiger charge is 2.58. The first-order valence-electron chi connectivity index (χ1n) is 15.0. The highest BCUT2D eigenvalue weighted by Crippen LogP contribution is 2.62. The number of carbonyl (C=O) groups is 4. The van der Waals surface area contributed by atoms with Crippen molar-refractivity contribution in [2.24, 2.45) is 23.2 Å². The molecule has 3 aliphatic rings. The fourth-order valence-corrected chi connectivity index (χ4v) is 8.58. The van der Waals surface area contributed by atoms with Gasteiger partial charge in [0.1, 0.15) is 22.8 Å². The molecule has 43 heavy (non-hydrogen) atoms. The molecule has 224 valence electrons. The fourth-order valence-electron chi connectivity index (χ4n) is 7.90. The van der Waals surface area contributed by atoms with Gasteiger partial charge in [0.15, 0.2) is 5.13 Å². The summed E-state index contributed by atoms with van der Waals surface area (Å²) in [7, 11) is 0. The molecule has 1 aromatic heterocycles. The van der Waals surface area contributed by atoms with Gasteiger partial charge in [0.25, 0.3) is 0 Å². The molecular formula is C34H36N2O6S. The Morgan fingerprint density at radius 2 is 1.93 bits per heavy atom. The van der Waals surface area contributed by atoms with E-state index in [0.29, 0.717) is 47.8 Å². The Hall–Kier alpha value is -3.85. The maximum Gasteiger partial charge on any atom is 0.347 e. The van der Waals surface area contributed by atoms with Gasteiger partial charge in [-0.3, -0.25) is 14.4 Å². The van der Waals surface area contributed by atoms with Gasteiger partial charge >= 0.3 is 11.9 Å². The van der Waals surface area contributed by atoms with Gasteiger partial charge in [-0.2, -0.15) is 0 Å². The second-order valence-corrected chi connectivity index (χ2v) is 13.6. The Labute approximate surface area is 255 Å². The predicted molar refractivity (Wildman–Crippen MR) is 162 cm³/mol. The highest BCUT2D eigenvalue weighted by atomic mass is 32.1. The van der Waals surface area contributed by atoms with E-state index in [9.17, 15) is 19.2 Å². The summed E-state index contributed by atoms with van der Waals surface area (Å²) in [6, 6.07) is 12.4. The van der Waals surface area contributed by atoms with Crippen molar-refractivity contribution in [1.29, 1.82) is 0 Å². The summed E-state index contributed by atoms with van der Waals surface area (Å²) >= 11 is 1.46. The molecule has 0 bridgehead atoms. The zero-order chi connectivity index (χ0) is 30.3. The summed E-state index contributed by atoms with van der Waals surface area (Å²) in [5.41, 5.74) is 2.29. The molecule has 5 atom stereocenters. The first-order valence-corrected chi connectivity index (χ1v) is 15.8. The van der Waals surface area contributed by atoms with Gasteiger partial charge in [-0.25, -0.2) is 9.78 Å². The molecule has 0 aliphatic heterocycles. The van der Waals surface area contributed by atoms with Crippen LogP contribution < -0.4 is 14.8 Å². The molecule has 0 spiro atoms. The van der Waals surface area contributed by atoms with E-state index in [-0.39, 0.29) is 34.5 Å². The van der Waals surface area contributed by atoms with Crippen LogP contribution in [-0.2, 0) is 20.8 Å². The van der Waals surface area contributed by atoms with E-state index in [2.05, 4.69) is 23.3 Å². The van der Waals surface area contributed by atoms with Crippen molar-refractivity contribution in [2.45, 2.75) is 71.6 Å². The summed E-state index contributed by atoms with van der Waals surface area (Å²) in [5.74, 6) is 0.970. The minimum absolute atomic E-state index is 0.0469. The SMILES string of the molecule is CC(=O)Oc1ccccc1C(=O)Oc1ccc2c(c1)CCC1C2CCC2(C)C(=O)CC(CCC(=O)Nc3ncc(C)s3)C12. The topological polar surface area (TPSA) is 112 Å². The lowest BCUT2D eigenvalue weighted by molar-refractivity contribution is -0.132. The normalized spacial score (nSPS) is 25.7. The zero-order valence-corrected chi connectivity index (χ0v) is 25.5. The van der Waals surface area contributed by atoms with Crippen LogP contribution in [0.2, 0.25) is 0 Å². The number of nitrogens with zero attached hydrogens (tertiary/aromatic N) is 1. The summed E-state index contributed by atoms with van der Waals surface area (Å²) < 4.78 is 10.9. The maximum atomic E-state index is 13.4. The second-order valence-electron chi connectivity index (χ2n) is 12.4. The number of aromatic nitrogens is 1. The van der Waals surface area contributed by atoms with Gasteiger partial charge in [0.2, 0.25) is 5.91 Å². The molecular weight excluding hydrogens is 564 g/mol. The Balaban J connectivity index is 1.16. The largest absolute Gasteiger partial charge is 0.426 e. The number of anilines is 1. The number of hydrogen-bond acceptors (Lipinski definition) is 8. The molecule has 3 aliphatic carbocycles. The Bertz CT molecular complexity index is 1600. The van der Waals surface area contributed by atoms with E-state index in [1.165, 1.54) is 29.4 Å². The minimum atomic E-state index is -0.583. The average Bonchev–Trinajstić information content (AvgIpc) is 3.50. The van der Waals surface area contributed by atoms with E-state index < -0.39 is 11.9 Å². The number of fused-ring (bicyclic) bond motifs is 5. The van der Waals surface area contributed by atoms with Gasteiger partial charge in [-0.1, -0.05) is 25.1 Å². The van der Waals surface area contributed by atoms with Crippen LogP contribution in [0.25, 0.3) is 0 Å². The van der Waals surface area contributed by atoms with E-state index in [4.69, 9.17) is 9.47 Å². The lowest BCUT2D eigenvalue weighted by atomic mass is 9.54. The predicted octanol–water partition coefficient (Wildman–Crippen LogP) is 6.67. The number of carbonyl (C=O) groups excluding carboxylic acids is 4. The third-order valence-corrected chi connectivity index (χ3v) is 10.6. The van der Waals surface area contributed by atoms with Gasteiger partial charge in [0.05, 0.1) is 0 Å². The lowest BCUT2D eigenvalue weighted by Crippen LogP contribution is -2.44. The first-order chi connectivity index (χ1) is 20.6. The molecule has 1 heterocycles. The van der Waals surface area contributed by atoms with Gasteiger partial charge in [-0.05, 0) is 98.1 Å². The number of esters is 2. The molecule has 5 unspecified atom stereocenters. The molecule has 3 aromatic rings. The Morgan fingerprint density at radius 1 is 1.12 bits per heavy atom. The zero-order valence-electron chi connectivity index (χ0n) is 24.7. The minimum Gasteiger partial charge on any atom is -0.426 e. The summed E-state index contributed by atoms with van der Waals surface area (Å²) in [6.45, 7) is 5.40. The number of Topliss-reactive ketones (excluding diaryl/α,β-unsaturated/α-hetero) is 1. The number of hydrogen-bond donors (Lipinski definition) is 1. The van der Waals surface area contributed by atoms with Crippen LogP contribution >= 0.6 is 11.3 Å². The Morgan fingerprint density at radius 3 is 2.70 bits per heavy atom. The van der Waals surface area contributed by atoms with E-state index in [1.54, 1.807) is 30.5 Å². The van der Waals surface area contributed by atoms with Crippen LogP contribution in [0.4, 0.5) is 5.13 Å². The third-order valence-electron chi connectivity index (χ3n) is 9.72. The molecule has 1 amide bonds. The standard InChI is InChI=1S/C34H36N2O6S/c1-19-18-35-33(43-19)36-30(39)13-9-22-17-29(38)34(3)15-14-25-24-12-10-23(16-21(24)8-11-26(25)31(22)34)42-32(40)27-6-4-5-7-28(27)41-20(2)37/h4-7,10,12,16,18,22,25-26,31H,8-9,11,13-15,17H2,1-3H3,(H,35,36,39). The highest BCUT2D eigenvalue weighted by molar-refractivity contribution is 7.15. The van der Waals surface area contributed by atoms with E-state index in [0.717, 1.165) is 30.6 Å². The van der Waals surface area contributed by atoms with Crippen LogP contribution in [0.15, 0.2) is 48.7 Å². The summed E-state index contributed by atoms with van der Waals surface area (Å²) in [5, 5.41) is 3.54. The van der Waals surface area contributed by atoms with Crippen molar-refractivity contribution >= 4 is 40.1 Å². The lowest BCUT2D eigenvalue weighted by Gasteiger charge is -2.50. The molecule has 9 heteroatoms. The molecule has 8 nitrogen and oxygen atoms in total. The number of amides is 1. The average molecular weight is 601 g/mol. The number of nitrogens with one attached hydrogen (secondary N) is 1. The summed E-state index contributed by atoms with van der Waals surface area (Å²) in [6.07, 6.45) is 6.97. The molecule has 2 fully saturated rings. The van der Waals surface area contributed by atoms with Crippen molar-refractivity contribution in [3.63, 3.8) is 0 Å². The van der Waals surface area contributed by atoms with E-state index in [1.807, 2.05) is 19.1 Å². The third kappa shape index (κ3) is 5.75. The van der Waals surface area contributed by atoms with Crippen LogP contribution in [0.1, 0.15) is 84.7 Å². The van der Waals surface area contributed by atoms with Crippen LogP contribution in [-0.4, -0.2) is 28.6 Å². The molecule has 6 rings (SSSR count). The monoisotopic (exact) mass is 600 g/mol. The Kier molecular flexibility index (Phi) is 7.94.